The summed E-state index contributed by atoms with van der Waals surface area (Å²) in [5.74, 6) is 0.278. The number of halogens is 1. The number of benzene rings is 1. The van der Waals surface area contributed by atoms with Gasteiger partial charge in [-0.25, -0.2) is 9.18 Å². The number of hydrogen-bond donors (Lipinski definition) is 2. The highest BCUT2D eigenvalue weighted by molar-refractivity contribution is 5.74. The van der Waals surface area contributed by atoms with E-state index in [0.717, 1.165) is 12.8 Å². The highest BCUT2D eigenvalue weighted by Gasteiger charge is 2.31. The van der Waals surface area contributed by atoms with Crippen LogP contribution in [0.4, 0.5) is 9.18 Å². The lowest BCUT2D eigenvalue weighted by Crippen LogP contribution is -2.42. The van der Waals surface area contributed by atoms with Gasteiger partial charge in [-0.3, -0.25) is 0 Å². The van der Waals surface area contributed by atoms with Gasteiger partial charge in [0.1, 0.15) is 11.6 Å². The number of methoxy groups -OCH3 is 1. The molecule has 0 bridgehead atoms. The molecule has 0 spiro atoms. The summed E-state index contributed by atoms with van der Waals surface area (Å²) in [5, 5.41) is 12.6. The van der Waals surface area contributed by atoms with E-state index in [2.05, 4.69) is 5.32 Å². The first kappa shape index (κ1) is 16.5. The topological polar surface area (TPSA) is 61.8 Å². The highest BCUT2D eigenvalue weighted by atomic mass is 19.1. The number of carbonyl (C=O) groups is 1. The van der Waals surface area contributed by atoms with E-state index < -0.39 is 18.0 Å². The normalized spacial score (nSPS) is 16.8. The molecule has 1 aliphatic rings. The van der Waals surface area contributed by atoms with Crippen LogP contribution in [0.2, 0.25) is 0 Å². The number of urea groups is 1. The third-order valence-corrected chi connectivity index (χ3v) is 3.98. The number of likely N-dealkylation sites (N-methyl/N-ethyl adjacent to an activating group) is 1. The second-order valence-corrected chi connectivity index (χ2v) is 5.81. The van der Waals surface area contributed by atoms with E-state index in [1.165, 1.54) is 18.1 Å². The largest absolute Gasteiger partial charge is 0.496 e. The van der Waals surface area contributed by atoms with E-state index in [9.17, 15) is 14.3 Å². The summed E-state index contributed by atoms with van der Waals surface area (Å²) >= 11 is 0. The van der Waals surface area contributed by atoms with Crippen molar-refractivity contribution in [3.05, 3.63) is 29.6 Å². The van der Waals surface area contributed by atoms with Crippen molar-refractivity contribution in [2.45, 2.75) is 31.9 Å². The molecule has 5 nitrogen and oxygen atoms in total. The molecule has 2 unspecified atom stereocenters. The fraction of sp³-hybridized carbons (Fsp3) is 0.562. The lowest BCUT2D eigenvalue weighted by Gasteiger charge is -2.24. The zero-order valence-corrected chi connectivity index (χ0v) is 13.2. The summed E-state index contributed by atoms with van der Waals surface area (Å²) in [6.45, 7) is 1.97. The Labute approximate surface area is 130 Å². The number of ether oxygens (including phenoxy) is 1. The Balaban J connectivity index is 1.98. The number of nitrogens with zero attached hydrogens (tertiary/aromatic N) is 1. The molecule has 22 heavy (non-hydrogen) atoms. The molecule has 0 radical (unpaired) electrons. The predicted octanol–water partition coefficient (Wildman–Crippen LogP) is 2.31. The SMILES string of the molecule is COc1cccc(F)c1C(C)NC(=O)N(C)CC(O)C1CC1. The molecule has 122 valence electrons. The lowest BCUT2D eigenvalue weighted by molar-refractivity contribution is 0.112. The summed E-state index contributed by atoms with van der Waals surface area (Å²) in [5.41, 5.74) is 0.314. The van der Waals surface area contributed by atoms with Gasteiger partial charge in [0.25, 0.3) is 0 Å². The molecular formula is C16H23FN2O3. The van der Waals surface area contributed by atoms with Crippen molar-refractivity contribution in [3.8, 4) is 5.75 Å². The average Bonchev–Trinajstić information content (AvgIpc) is 3.31. The summed E-state index contributed by atoms with van der Waals surface area (Å²) < 4.78 is 19.1. The Bertz CT molecular complexity index is 534. The van der Waals surface area contributed by atoms with Crippen LogP contribution in [0.3, 0.4) is 0 Å². The maximum Gasteiger partial charge on any atom is 0.317 e. The summed E-state index contributed by atoms with van der Waals surface area (Å²) in [6, 6.07) is 3.66. The van der Waals surface area contributed by atoms with Crippen LogP contribution in [-0.4, -0.2) is 42.8 Å². The monoisotopic (exact) mass is 310 g/mol. The van der Waals surface area contributed by atoms with Crippen molar-refractivity contribution in [2.24, 2.45) is 5.92 Å². The molecule has 1 saturated carbocycles. The minimum atomic E-state index is -0.538. The molecule has 0 heterocycles. The summed E-state index contributed by atoms with van der Waals surface area (Å²) in [6.07, 6.45) is 1.54. The third-order valence-electron chi connectivity index (χ3n) is 3.98. The van der Waals surface area contributed by atoms with E-state index >= 15 is 0 Å². The number of aliphatic hydroxyl groups is 1. The smallest absolute Gasteiger partial charge is 0.317 e. The Morgan fingerprint density at radius 2 is 2.23 bits per heavy atom. The van der Waals surface area contributed by atoms with Gasteiger partial charge in [-0.2, -0.15) is 0 Å². The molecule has 1 aromatic rings. The number of nitrogens with one attached hydrogen (secondary N) is 1. The summed E-state index contributed by atoms with van der Waals surface area (Å²) in [7, 11) is 3.08. The molecular weight excluding hydrogens is 287 g/mol. The second kappa shape index (κ2) is 6.96. The van der Waals surface area contributed by atoms with Gasteiger partial charge in [-0.05, 0) is 37.8 Å². The van der Waals surface area contributed by atoms with E-state index in [1.54, 1.807) is 26.1 Å². The van der Waals surface area contributed by atoms with Gasteiger partial charge in [-0.1, -0.05) is 6.07 Å². The molecule has 1 aromatic carbocycles. The Morgan fingerprint density at radius 3 is 2.82 bits per heavy atom. The Morgan fingerprint density at radius 1 is 1.55 bits per heavy atom. The van der Waals surface area contributed by atoms with Crippen molar-refractivity contribution in [3.63, 3.8) is 0 Å². The standard InChI is InChI=1S/C16H23FN2O3/c1-10(15-12(17)5-4-6-14(15)22-3)18-16(21)19(2)9-13(20)11-7-8-11/h4-6,10-11,13,20H,7-9H2,1-3H3,(H,18,21). The Kier molecular flexibility index (Phi) is 5.24. The van der Waals surface area contributed by atoms with Crippen LogP contribution in [0, 0.1) is 11.7 Å². The van der Waals surface area contributed by atoms with Crippen LogP contribution >= 0.6 is 0 Å². The van der Waals surface area contributed by atoms with E-state index in [0.29, 0.717) is 17.2 Å². The first-order valence-corrected chi connectivity index (χ1v) is 7.46. The number of carbonyl (C=O) groups excluding carboxylic acids is 1. The molecule has 2 amide bonds. The van der Waals surface area contributed by atoms with Crippen molar-refractivity contribution < 1.29 is 19.0 Å². The minimum absolute atomic E-state index is 0.275. The van der Waals surface area contributed by atoms with E-state index in [4.69, 9.17) is 4.74 Å². The number of aliphatic hydroxyl groups excluding tert-OH is 1. The van der Waals surface area contributed by atoms with Gasteiger partial charge in [0.15, 0.2) is 0 Å². The quantitative estimate of drug-likeness (QED) is 0.847. The van der Waals surface area contributed by atoms with Crippen molar-refractivity contribution in [1.29, 1.82) is 0 Å². The predicted molar refractivity (Wildman–Crippen MR) is 81.3 cm³/mol. The van der Waals surface area contributed by atoms with Crippen LogP contribution in [0.25, 0.3) is 0 Å². The van der Waals surface area contributed by atoms with Crippen molar-refractivity contribution in [1.82, 2.24) is 10.2 Å². The molecule has 2 atom stereocenters. The summed E-state index contributed by atoms with van der Waals surface area (Å²) in [4.78, 5) is 13.6. The highest BCUT2D eigenvalue weighted by Crippen LogP contribution is 2.33. The lowest BCUT2D eigenvalue weighted by atomic mass is 10.1. The van der Waals surface area contributed by atoms with Crippen molar-refractivity contribution >= 4 is 6.03 Å². The second-order valence-electron chi connectivity index (χ2n) is 5.81. The van der Waals surface area contributed by atoms with Gasteiger partial charge in [0.2, 0.25) is 0 Å². The first-order chi connectivity index (χ1) is 10.4. The van der Waals surface area contributed by atoms with Crippen LogP contribution in [0.5, 0.6) is 5.75 Å². The molecule has 2 N–H and O–H groups in total. The Hall–Kier alpha value is -1.82. The molecule has 2 rings (SSSR count). The zero-order valence-electron chi connectivity index (χ0n) is 13.2. The molecule has 0 saturated heterocycles. The van der Waals surface area contributed by atoms with Crippen LogP contribution < -0.4 is 10.1 Å². The maximum atomic E-state index is 14.0. The van der Waals surface area contributed by atoms with Crippen LogP contribution in [0.15, 0.2) is 18.2 Å². The number of hydrogen-bond acceptors (Lipinski definition) is 3. The molecule has 0 aromatic heterocycles. The average molecular weight is 310 g/mol. The first-order valence-electron chi connectivity index (χ1n) is 7.46. The van der Waals surface area contributed by atoms with Gasteiger partial charge >= 0.3 is 6.03 Å². The maximum absolute atomic E-state index is 14.0. The molecule has 1 fully saturated rings. The fourth-order valence-corrected chi connectivity index (χ4v) is 2.48. The van der Waals surface area contributed by atoms with Gasteiger partial charge in [0, 0.05) is 13.6 Å². The zero-order chi connectivity index (χ0) is 16.3. The van der Waals surface area contributed by atoms with Crippen LogP contribution in [-0.2, 0) is 0 Å². The molecule has 0 aliphatic heterocycles. The van der Waals surface area contributed by atoms with Gasteiger partial charge in [-0.15, -0.1) is 0 Å². The van der Waals surface area contributed by atoms with Crippen LogP contribution in [0.1, 0.15) is 31.4 Å². The number of amides is 2. The number of rotatable bonds is 6. The van der Waals surface area contributed by atoms with Gasteiger partial charge in [0.05, 0.1) is 24.8 Å². The fourth-order valence-electron chi connectivity index (χ4n) is 2.48. The third kappa shape index (κ3) is 3.88. The van der Waals surface area contributed by atoms with E-state index in [1.807, 2.05) is 0 Å². The molecule has 6 heteroatoms. The minimum Gasteiger partial charge on any atom is -0.496 e. The van der Waals surface area contributed by atoms with E-state index in [-0.39, 0.29) is 12.6 Å². The van der Waals surface area contributed by atoms with Crippen molar-refractivity contribution in [2.75, 3.05) is 20.7 Å². The molecule has 1 aliphatic carbocycles. The van der Waals surface area contributed by atoms with Gasteiger partial charge < -0.3 is 20.1 Å².